The second-order valence-electron chi connectivity index (χ2n) is 4.27. The molecular formula is C14H11BrFN3O. The van der Waals surface area contributed by atoms with Crippen LogP contribution in [-0.4, -0.2) is 16.5 Å². The van der Waals surface area contributed by atoms with Crippen LogP contribution in [0.4, 0.5) is 10.2 Å². The van der Waals surface area contributed by atoms with Crippen LogP contribution in [0.25, 0.3) is 16.9 Å². The average Bonchev–Trinajstić information content (AvgIpc) is 2.76. The van der Waals surface area contributed by atoms with E-state index in [0.29, 0.717) is 22.9 Å². The van der Waals surface area contributed by atoms with Gasteiger partial charge in [-0.25, -0.2) is 9.37 Å². The predicted molar refractivity (Wildman–Crippen MR) is 79.3 cm³/mol. The number of nitrogens with zero attached hydrogens (tertiary/aromatic N) is 2. The number of rotatable bonds is 2. The Hall–Kier alpha value is -2.08. The smallest absolute Gasteiger partial charge is 0.140 e. The van der Waals surface area contributed by atoms with E-state index in [-0.39, 0.29) is 5.82 Å². The first-order valence-electron chi connectivity index (χ1n) is 5.87. The maximum Gasteiger partial charge on any atom is 0.140 e. The Balaban J connectivity index is 2.29. The summed E-state index contributed by atoms with van der Waals surface area (Å²) in [5.41, 5.74) is 7.98. The SMILES string of the molecule is COc1ccc(Br)cc1-c1nc2ccc(F)cn2c1N. The van der Waals surface area contributed by atoms with Crippen molar-refractivity contribution in [1.29, 1.82) is 0 Å². The molecule has 0 aliphatic rings. The van der Waals surface area contributed by atoms with E-state index in [2.05, 4.69) is 20.9 Å². The molecule has 4 nitrogen and oxygen atoms in total. The van der Waals surface area contributed by atoms with Crippen LogP contribution < -0.4 is 10.5 Å². The van der Waals surface area contributed by atoms with Crippen LogP contribution in [0.3, 0.4) is 0 Å². The highest BCUT2D eigenvalue weighted by atomic mass is 79.9. The fourth-order valence-corrected chi connectivity index (χ4v) is 2.46. The van der Waals surface area contributed by atoms with Gasteiger partial charge in [0.15, 0.2) is 0 Å². The molecule has 0 aliphatic heterocycles. The first-order chi connectivity index (χ1) is 9.60. The number of methoxy groups -OCH3 is 1. The molecule has 0 radical (unpaired) electrons. The Morgan fingerprint density at radius 1 is 1.30 bits per heavy atom. The minimum Gasteiger partial charge on any atom is -0.496 e. The van der Waals surface area contributed by atoms with Crippen LogP contribution in [-0.2, 0) is 0 Å². The van der Waals surface area contributed by atoms with Gasteiger partial charge < -0.3 is 10.5 Å². The minimum atomic E-state index is -0.366. The summed E-state index contributed by atoms with van der Waals surface area (Å²) in [6.07, 6.45) is 1.31. The molecule has 102 valence electrons. The van der Waals surface area contributed by atoms with Gasteiger partial charge in [0.25, 0.3) is 0 Å². The quantitative estimate of drug-likeness (QED) is 0.779. The summed E-state index contributed by atoms with van der Waals surface area (Å²) in [5, 5.41) is 0. The molecule has 0 spiro atoms. The molecule has 2 N–H and O–H groups in total. The van der Waals surface area contributed by atoms with E-state index in [9.17, 15) is 4.39 Å². The van der Waals surface area contributed by atoms with Gasteiger partial charge in [-0.05, 0) is 30.3 Å². The number of imidazole rings is 1. The highest BCUT2D eigenvalue weighted by Crippen LogP contribution is 2.35. The molecule has 6 heteroatoms. The Labute approximate surface area is 123 Å². The molecule has 0 bridgehead atoms. The van der Waals surface area contributed by atoms with Crippen molar-refractivity contribution in [2.45, 2.75) is 0 Å². The van der Waals surface area contributed by atoms with Crippen molar-refractivity contribution < 1.29 is 9.13 Å². The summed E-state index contributed by atoms with van der Waals surface area (Å²) in [6.45, 7) is 0. The number of ether oxygens (including phenoxy) is 1. The second-order valence-corrected chi connectivity index (χ2v) is 5.18. The number of halogens is 2. The largest absolute Gasteiger partial charge is 0.496 e. The fraction of sp³-hybridized carbons (Fsp3) is 0.0714. The van der Waals surface area contributed by atoms with Gasteiger partial charge in [0.2, 0.25) is 0 Å². The lowest BCUT2D eigenvalue weighted by atomic mass is 10.1. The van der Waals surface area contributed by atoms with Crippen LogP contribution in [0, 0.1) is 5.82 Å². The van der Waals surface area contributed by atoms with Crippen LogP contribution >= 0.6 is 15.9 Å². The number of anilines is 1. The normalized spacial score (nSPS) is 10.9. The number of aromatic nitrogens is 2. The van der Waals surface area contributed by atoms with Crippen molar-refractivity contribution in [2.24, 2.45) is 0 Å². The number of benzene rings is 1. The summed E-state index contributed by atoms with van der Waals surface area (Å²) in [7, 11) is 1.58. The van der Waals surface area contributed by atoms with Crippen molar-refractivity contribution in [2.75, 3.05) is 12.8 Å². The van der Waals surface area contributed by atoms with Gasteiger partial charge in [0.1, 0.15) is 28.7 Å². The second kappa shape index (κ2) is 4.79. The first kappa shape index (κ1) is 12.9. The fourth-order valence-electron chi connectivity index (χ4n) is 2.10. The number of hydrogen-bond donors (Lipinski definition) is 1. The van der Waals surface area contributed by atoms with Gasteiger partial charge in [-0.1, -0.05) is 15.9 Å². The Morgan fingerprint density at radius 2 is 2.10 bits per heavy atom. The van der Waals surface area contributed by atoms with E-state index in [1.165, 1.54) is 16.7 Å². The van der Waals surface area contributed by atoms with Crippen molar-refractivity contribution in [3.05, 3.63) is 46.8 Å². The van der Waals surface area contributed by atoms with Crippen LogP contribution in [0.2, 0.25) is 0 Å². The van der Waals surface area contributed by atoms with Crippen LogP contribution in [0.15, 0.2) is 41.0 Å². The van der Waals surface area contributed by atoms with Crippen LogP contribution in [0.5, 0.6) is 5.75 Å². The van der Waals surface area contributed by atoms with Gasteiger partial charge in [-0.3, -0.25) is 4.40 Å². The van der Waals surface area contributed by atoms with E-state index in [1.807, 2.05) is 18.2 Å². The zero-order chi connectivity index (χ0) is 14.3. The molecule has 0 unspecified atom stereocenters. The molecule has 0 fully saturated rings. The number of nitrogen functional groups attached to an aromatic ring is 1. The maximum atomic E-state index is 13.3. The van der Waals surface area contributed by atoms with Crippen molar-refractivity contribution in [1.82, 2.24) is 9.38 Å². The zero-order valence-corrected chi connectivity index (χ0v) is 12.2. The standard InChI is InChI=1S/C14H11BrFN3O/c1-20-11-4-2-8(15)6-10(11)13-14(17)19-7-9(16)3-5-12(19)18-13/h2-7H,17H2,1H3. The lowest BCUT2D eigenvalue weighted by Crippen LogP contribution is -1.96. The van der Waals surface area contributed by atoms with Gasteiger partial charge in [0.05, 0.1) is 7.11 Å². The molecule has 0 saturated carbocycles. The van der Waals surface area contributed by atoms with E-state index in [0.717, 1.165) is 10.0 Å². The van der Waals surface area contributed by atoms with Crippen LogP contribution in [0.1, 0.15) is 0 Å². The number of pyridine rings is 1. The Kier molecular flexibility index (Phi) is 3.10. The monoisotopic (exact) mass is 335 g/mol. The first-order valence-corrected chi connectivity index (χ1v) is 6.66. The van der Waals surface area contributed by atoms with E-state index in [4.69, 9.17) is 10.5 Å². The highest BCUT2D eigenvalue weighted by Gasteiger charge is 2.16. The zero-order valence-electron chi connectivity index (χ0n) is 10.6. The number of hydrogen-bond acceptors (Lipinski definition) is 3. The van der Waals surface area contributed by atoms with E-state index in [1.54, 1.807) is 13.2 Å². The van der Waals surface area contributed by atoms with Crippen molar-refractivity contribution in [3.8, 4) is 17.0 Å². The molecular weight excluding hydrogens is 325 g/mol. The van der Waals surface area contributed by atoms with Crippen molar-refractivity contribution >= 4 is 27.4 Å². The minimum absolute atomic E-state index is 0.366. The molecule has 2 aromatic heterocycles. The molecule has 3 rings (SSSR count). The average molecular weight is 336 g/mol. The predicted octanol–water partition coefficient (Wildman–Crippen LogP) is 3.49. The third-order valence-corrected chi connectivity index (χ3v) is 3.53. The highest BCUT2D eigenvalue weighted by molar-refractivity contribution is 9.10. The van der Waals surface area contributed by atoms with Gasteiger partial charge in [-0.15, -0.1) is 0 Å². The molecule has 0 aliphatic carbocycles. The molecule has 0 amide bonds. The molecule has 0 atom stereocenters. The summed E-state index contributed by atoms with van der Waals surface area (Å²) >= 11 is 3.41. The molecule has 2 heterocycles. The maximum absolute atomic E-state index is 13.3. The number of fused-ring (bicyclic) bond motifs is 1. The summed E-state index contributed by atoms with van der Waals surface area (Å²) in [4.78, 5) is 4.44. The lowest BCUT2D eigenvalue weighted by molar-refractivity contribution is 0.416. The molecule has 0 saturated heterocycles. The van der Waals surface area contributed by atoms with E-state index < -0.39 is 0 Å². The molecule has 20 heavy (non-hydrogen) atoms. The summed E-state index contributed by atoms with van der Waals surface area (Å²) < 4.78 is 21.0. The van der Waals surface area contributed by atoms with Gasteiger partial charge >= 0.3 is 0 Å². The van der Waals surface area contributed by atoms with Gasteiger partial charge in [0, 0.05) is 16.2 Å². The topological polar surface area (TPSA) is 52.5 Å². The molecule has 1 aromatic carbocycles. The summed E-state index contributed by atoms with van der Waals surface area (Å²) in [6, 6.07) is 8.49. The third kappa shape index (κ3) is 2.02. The molecule has 3 aromatic rings. The number of nitrogens with two attached hydrogens (primary N) is 1. The van der Waals surface area contributed by atoms with E-state index >= 15 is 0 Å². The third-order valence-electron chi connectivity index (χ3n) is 3.04. The Bertz CT molecular complexity index is 800. The summed E-state index contributed by atoms with van der Waals surface area (Å²) in [5.74, 6) is 0.661. The van der Waals surface area contributed by atoms with Gasteiger partial charge in [-0.2, -0.15) is 0 Å². The Morgan fingerprint density at radius 3 is 2.85 bits per heavy atom. The lowest BCUT2D eigenvalue weighted by Gasteiger charge is -2.07. The van der Waals surface area contributed by atoms with Crippen molar-refractivity contribution in [3.63, 3.8) is 0 Å².